The second-order valence-corrected chi connectivity index (χ2v) is 50.8. The van der Waals surface area contributed by atoms with Crippen molar-refractivity contribution in [2.45, 2.75) is 139 Å². The number of hydrogen-bond donors (Lipinski definition) is 0. The second-order valence-electron chi connectivity index (χ2n) is 16.4. The molecule has 0 spiro atoms. The largest absolute Gasteiger partial charge is 0.0766 e. The second kappa shape index (κ2) is 8.36. The van der Waals surface area contributed by atoms with Crippen molar-refractivity contribution in [1.29, 1.82) is 0 Å². The lowest BCUT2D eigenvalue weighted by Gasteiger charge is -2.63. The molecule has 6 heteroatoms. The lowest BCUT2D eigenvalue weighted by atomic mass is 10.1. The van der Waals surface area contributed by atoms with Crippen molar-refractivity contribution in [1.82, 2.24) is 0 Å². The summed E-state index contributed by atoms with van der Waals surface area (Å²) in [6, 6.07) is 3.01. The minimum atomic E-state index is -1.36. The smallest absolute Gasteiger partial charge is 0.0526 e. The van der Waals surface area contributed by atoms with E-state index in [1.54, 1.807) is 0 Å². The van der Waals surface area contributed by atoms with Crippen molar-refractivity contribution in [3.05, 3.63) is 11.1 Å². The maximum absolute atomic E-state index is 2.80. The number of allylic oxidation sites excluding steroid dienone is 2. The molecule has 1 aliphatic rings. The summed E-state index contributed by atoms with van der Waals surface area (Å²) in [5, 5.41) is 0. The van der Waals surface area contributed by atoms with Crippen LogP contribution in [0, 0.1) is 0 Å². The van der Waals surface area contributed by atoms with Gasteiger partial charge in [0.1, 0.15) is 0 Å². The van der Waals surface area contributed by atoms with Gasteiger partial charge in [-0.25, -0.2) is 0 Å². The van der Waals surface area contributed by atoms with E-state index in [0.717, 1.165) is 9.07 Å². The molecule has 0 saturated heterocycles. The van der Waals surface area contributed by atoms with Gasteiger partial charge in [-0.05, 0) is 29.7 Å². The third-order valence-electron chi connectivity index (χ3n) is 8.69. The Labute approximate surface area is 198 Å². The van der Waals surface area contributed by atoms with E-state index in [1.165, 1.54) is 18.5 Å². The van der Waals surface area contributed by atoms with Crippen LogP contribution in [0.4, 0.5) is 0 Å². The Kier molecular flexibility index (Phi) is 8.10. The van der Waals surface area contributed by atoms with Crippen LogP contribution in [-0.2, 0) is 0 Å². The fourth-order valence-electron chi connectivity index (χ4n) is 9.79. The van der Waals surface area contributed by atoms with Gasteiger partial charge < -0.3 is 0 Å². The lowest BCUT2D eigenvalue weighted by molar-refractivity contribution is 0.812. The summed E-state index contributed by atoms with van der Waals surface area (Å²) in [7, 11) is -7.56. The molecule has 0 aromatic heterocycles. The molecule has 1 rings (SSSR count). The quantitative estimate of drug-likeness (QED) is 0.234. The summed E-state index contributed by atoms with van der Waals surface area (Å²) < 4.78 is 0.725. The van der Waals surface area contributed by atoms with Crippen molar-refractivity contribution >= 4 is 48.4 Å². The first-order valence-electron chi connectivity index (χ1n) is 12.5. The molecule has 0 unspecified atom stereocenters. The molecular weight excluding hydrogens is 457 g/mol. The van der Waals surface area contributed by atoms with Gasteiger partial charge in [-0.3, -0.25) is 0 Å². The van der Waals surface area contributed by atoms with Gasteiger partial charge in [0.2, 0.25) is 0 Å². The van der Waals surface area contributed by atoms with Gasteiger partial charge in [-0.1, -0.05) is 121 Å². The average molecular weight is 515 g/mol. The molecule has 178 valence electrons. The highest BCUT2D eigenvalue weighted by Crippen LogP contribution is 2.63. The van der Waals surface area contributed by atoms with Gasteiger partial charge in [0.15, 0.2) is 0 Å². The highest BCUT2D eigenvalue weighted by Gasteiger charge is 2.62. The van der Waals surface area contributed by atoms with Gasteiger partial charge in [-0.2, -0.15) is 0 Å². The molecule has 0 fully saturated rings. The van der Waals surface area contributed by atoms with E-state index in [4.69, 9.17) is 0 Å². The molecule has 1 aliphatic heterocycles. The summed E-state index contributed by atoms with van der Waals surface area (Å²) in [6.45, 7) is 46.0. The predicted molar refractivity (Wildman–Crippen MR) is 162 cm³/mol. The molecule has 1 heterocycles. The van der Waals surface area contributed by atoms with Crippen LogP contribution < -0.4 is 0 Å². The molecule has 0 nitrogen and oxygen atoms in total. The van der Waals surface area contributed by atoms with Crippen LogP contribution in [0.25, 0.3) is 0 Å². The standard InChI is InChI=1S/C24H58Si6/c1-21-18-24(27(8,9)10,28(11,12)13)30(16,17)20-22(21)19-29(14,15)23(25(2,3)4)26(5,6)7/h23H,18-20H2,1-17H3. The Bertz CT molecular complexity index is 632. The first-order valence-corrected chi connectivity index (χ1v) is 33.1. The van der Waals surface area contributed by atoms with Crippen molar-refractivity contribution in [3.63, 3.8) is 0 Å². The van der Waals surface area contributed by atoms with Gasteiger partial charge >= 0.3 is 0 Å². The van der Waals surface area contributed by atoms with Gasteiger partial charge in [0, 0.05) is 40.4 Å². The van der Waals surface area contributed by atoms with Gasteiger partial charge in [0.05, 0.1) is 8.07 Å². The van der Waals surface area contributed by atoms with Crippen LogP contribution >= 0.6 is 0 Å². The molecule has 30 heavy (non-hydrogen) atoms. The minimum absolute atomic E-state index is 0.725. The minimum Gasteiger partial charge on any atom is -0.0766 e. The summed E-state index contributed by atoms with van der Waals surface area (Å²) in [5.74, 6) is 0. The Morgan fingerprint density at radius 3 is 1.40 bits per heavy atom. The molecular formula is C24H58Si6. The van der Waals surface area contributed by atoms with Crippen molar-refractivity contribution in [2.24, 2.45) is 0 Å². The van der Waals surface area contributed by atoms with Crippen LogP contribution in [-0.4, -0.2) is 48.4 Å². The van der Waals surface area contributed by atoms with E-state index in [0.29, 0.717) is 0 Å². The summed E-state index contributed by atoms with van der Waals surface area (Å²) in [6.07, 6.45) is 1.46. The molecule has 0 aromatic carbocycles. The molecule has 0 bridgehead atoms. The van der Waals surface area contributed by atoms with Crippen molar-refractivity contribution < 1.29 is 0 Å². The normalized spacial score (nSPS) is 21.4. The van der Waals surface area contributed by atoms with E-state index >= 15 is 0 Å². The molecule has 0 atom stereocenters. The first kappa shape index (κ1) is 29.1. The highest BCUT2D eigenvalue weighted by atomic mass is 28.5. The summed E-state index contributed by atoms with van der Waals surface area (Å²) in [4.78, 5) is 1.10. The van der Waals surface area contributed by atoms with Crippen molar-refractivity contribution in [3.8, 4) is 0 Å². The monoisotopic (exact) mass is 514 g/mol. The maximum atomic E-state index is 2.80. The zero-order chi connectivity index (χ0) is 24.4. The molecule has 0 radical (unpaired) electrons. The van der Waals surface area contributed by atoms with Crippen molar-refractivity contribution in [2.75, 3.05) is 0 Å². The SMILES string of the molecule is CC1=C(C[Si](C)(C)C([Si](C)(C)C)[Si](C)(C)C)C[Si](C)(C)C([Si](C)(C)C)([Si](C)(C)C)C1. The van der Waals surface area contributed by atoms with Gasteiger partial charge in [0.25, 0.3) is 0 Å². The molecule has 0 saturated carbocycles. The topological polar surface area (TPSA) is 0 Å². The number of hydrogen-bond acceptors (Lipinski definition) is 0. The molecule has 0 amide bonds. The highest BCUT2D eigenvalue weighted by molar-refractivity contribution is 7.16. The fraction of sp³-hybridized carbons (Fsp3) is 0.917. The van der Waals surface area contributed by atoms with Crippen LogP contribution in [0.15, 0.2) is 11.1 Å². The van der Waals surface area contributed by atoms with E-state index in [-0.39, 0.29) is 0 Å². The molecule has 0 N–H and O–H groups in total. The predicted octanol–water partition coefficient (Wildman–Crippen LogP) is 9.74. The van der Waals surface area contributed by atoms with Crippen LogP contribution in [0.1, 0.15) is 13.3 Å². The number of rotatable bonds is 7. The van der Waals surface area contributed by atoms with Gasteiger partial charge in [-0.15, -0.1) is 0 Å². The van der Waals surface area contributed by atoms with Crippen LogP contribution in [0.5, 0.6) is 0 Å². The van der Waals surface area contributed by atoms with E-state index in [2.05, 4.69) is 112 Å². The summed E-state index contributed by atoms with van der Waals surface area (Å²) in [5.41, 5.74) is 3.80. The Morgan fingerprint density at radius 1 is 0.733 bits per heavy atom. The Hall–Kier alpha value is 1.04. The zero-order valence-electron chi connectivity index (χ0n) is 24.2. The van der Waals surface area contributed by atoms with Crippen LogP contribution in [0.2, 0.25) is 126 Å². The zero-order valence-corrected chi connectivity index (χ0v) is 30.2. The lowest BCUT2D eigenvalue weighted by Crippen LogP contribution is -2.68. The fourth-order valence-corrected chi connectivity index (χ4v) is 71.4. The van der Waals surface area contributed by atoms with E-state index in [1.807, 2.05) is 11.1 Å². The average Bonchev–Trinajstić information content (AvgIpc) is 2.34. The maximum Gasteiger partial charge on any atom is 0.0526 e. The third-order valence-corrected chi connectivity index (χ3v) is 52.5. The van der Waals surface area contributed by atoms with Crippen LogP contribution in [0.3, 0.4) is 0 Å². The first-order chi connectivity index (χ1) is 12.8. The Morgan fingerprint density at radius 2 is 1.10 bits per heavy atom. The molecule has 0 aromatic rings. The summed E-state index contributed by atoms with van der Waals surface area (Å²) >= 11 is 0. The van der Waals surface area contributed by atoms with E-state index in [9.17, 15) is 0 Å². The third kappa shape index (κ3) is 5.40. The van der Waals surface area contributed by atoms with E-state index < -0.39 is 48.4 Å². The molecule has 0 aliphatic carbocycles. The Balaban J connectivity index is 3.54.